The highest BCUT2D eigenvalue weighted by atomic mass is 35.5. The van der Waals surface area contributed by atoms with Crippen molar-refractivity contribution in [1.82, 2.24) is 60.0 Å². The smallest absolute Gasteiger partial charge is 0.343 e. The fraction of sp³-hybridized carbons (Fsp3) is 0.829. The highest BCUT2D eigenvalue weighted by Gasteiger charge is 2.52. The van der Waals surface area contributed by atoms with Gasteiger partial charge in [0.2, 0.25) is 70.9 Å². The van der Waals surface area contributed by atoms with E-state index in [9.17, 15) is 51.5 Å². The number of carbonyl (C=O) groups is 12. The van der Waals surface area contributed by atoms with Crippen LogP contribution in [0.3, 0.4) is 0 Å². The summed E-state index contributed by atoms with van der Waals surface area (Å²) in [5.74, 6) is -10.6. The van der Waals surface area contributed by atoms with Crippen molar-refractivity contribution in [3.05, 3.63) is 0 Å². The molecule has 552 valence electrons. The van der Waals surface area contributed by atoms with Gasteiger partial charge in [0.25, 0.3) is 0 Å². The first-order chi connectivity index (χ1) is 46.2. The van der Waals surface area contributed by atoms with E-state index in [1.54, 1.807) is 18.7 Å². The summed E-state index contributed by atoms with van der Waals surface area (Å²) in [6, 6.07) is -8.50. The van der Waals surface area contributed by atoms with Crippen LogP contribution in [0.15, 0.2) is 0 Å². The standard InChI is InChI=1S/C70H112ClF3N12O12/c1-43(2)36-52-61(91)76-59(47-24-20-25-47)66(96)80(7)41-57(89)78(5)42-58(90)82(9)53(38-45-22-14-12-15-23-45)64(94)79(6)40-55(87)75-50(30-28-46-27-29-48(49(71)37-46)70(72,73)74)63(93)86-35-21-26-51(86)62(92)77-69(31-16-17-32-69)68(98)84(11)60(44(3)4)67(97)83(10)54(39-56(88)81(52)8)65(95)85-33-18-13-19-34-85/h43-54,59-60H,12-42H2,1-11H3,(H,75,87)(H,76,91)(H,77,92)/t46?,48?,49?,50-,51-,52-,53-,54-,59-,60-/m0/s1. The Morgan fingerprint density at radius 3 is 1.78 bits per heavy atom. The molecule has 7 rings (SSSR count). The van der Waals surface area contributed by atoms with Crippen molar-refractivity contribution in [2.75, 3.05) is 88.6 Å². The van der Waals surface area contributed by atoms with E-state index < -0.39 is 168 Å². The Kier molecular flexibility index (Phi) is 28.1. The van der Waals surface area contributed by atoms with Gasteiger partial charge < -0.3 is 60.0 Å². The van der Waals surface area contributed by atoms with Gasteiger partial charge in [0.15, 0.2) is 0 Å². The Balaban J connectivity index is 1.25. The van der Waals surface area contributed by atoms with E-state index in [0.717, 1.165) is 54.7 Å². The summed E-state index contributed by atoms with van der Waals surface area (Å²) in [5, 5.41) is 7.60. The quantitative estimate of drug-likeness (QED) is 0.235. The topological polar surface area (TPSA) is 270 Å². The Morgan fingerprint density at radius 2 is 1.18 bits per heavy atom. The lowest BCUT2D eigenvalue weighted by atomic mass is 9.78. The van der Waals surface area contributed by atoms with Crippen LogP contribution in [0.25, 0.3) is 0 Å². The molecule has 3 aliphatic heterocycles. The monoisotopic (exact) mass is 1400 g/mol. The Labute approximate surface area is 582 Å². The molecule has 98 heavy (non-hydrogen) atoms. The third-order valence-electron chi connectivity index (χ3n) is 22.4. The Bertz CT molecular complexity index is 2870. The molecule has 24 nitrogen and oxygen atoms in total. The number of likely N-dealkylation sites (tertiary alicyclic amines) is 1. The maximum Gasteiger partial charge on any atom is 0.393 e. The molecule has 3 N–H and O–H groups in total. The largest absolute Gasteiger partial charge is 0.393 e. The van der Waals surface area contributed by atoms with E-state index in [4.69, 9.17) is 11.6 Å². The number of halogens is 4. The van der Waals surface area contributed by atoms with E-state index >= 15 is 19.2 Å². The molecule has 0 aromatic heterocycles. The Hall–Kier alpha value is -6.28. The number of rotatable bonds is 10. The molecule has 0 radical (unpaired) electrons. The minimum absolute atomic E-state index is 0.00119. The van der Waals surface area contributed by atoms with Crippen LogP contribution in [0.5, 0.6) is 0 Å². The van der Waals surface area contributed by atoms with Crippen LogP contribution < -0.4 is 16.0 Å². The van der Waals surface area contributed by atoms with Crippen LogP contribution in [0, 0.1) is 35.5 Å². The second-order valence-electron chi connectivity index (χ2n) is 30.4. The van der Waals surface area contributed by atoms with Crippen molar-refractivity contribution < 1.29 is 70.7 Å². The third kappa shape index (κ3) is 19.6. The summed E-state index contributed by atoms with van der Waals surface area (Å²) in [5.41, 5.74) is -1.56. The maximum atomic E-state index is 15.4. The molecular formula is C70H112ClF3N12O12. The molecule has 12 amide bonds. The van der Waals surface area contributed by atoms with Crippen LogP contribution in [-0.2, 0) is 57.5 Å². The van der Waals surface area contributed by atoms with Gasteiger partial charge in [-0.15, -0.1) is 11.6 Å². The number of amides is 12. The molecule has 7 fully saturated rings. The second kappa shape index (κ2) is 34.9. The van der Waals surface area contributed by atoms with Gasteiger partial charge in [-0.2, -0.15) is 13.2 Å². The molecule has 3 unspecified atom stereocenters. The molecule has 10 atom stereocenters. The molecule has 28 heteroatoms. The first kappa shape index (κ1) is 79.1. The van der Waals surface area contributed by atoms with Gasteiger partial charge in [-0.05, 0) is 132 Å². The number of nitrogens with one attached hydrogen (secondary N) is 3. The van der Waals surface area contributed by atoms with Crippen molar-refractivity contribution in [1.29, 1.82) is 0 Å². The minimum atomic E-state index is -4.51. The highest BCUT2D eigenvalue weighted by Crippen LogP contribution is 2.44. The van der Waals surface area contributed by atoms with Crippen molar-refractivity contribution in [2.45, 2.75) is 248 Å². The zero-order valence-electron chi connectivity index (χ0n) is 59.9. The number of hydrogen-bond donors (Lipinski definition) is 3. The molecule has 4 saturated carbocycles. The van der Waals surface area contributed by atoms with Crippen molar-refractivity contribution in [3.8, 4) is 0 Å². The molecule has 0 aromatic rings. The van der Waals surface area contributed by atoms with Crippen molar-refractivity contribution in [2.24, 2.45) is 35.5 Å². The number of hydrogen-bond acceptors (Lipinski definition) is 12. The molecule has 1 spiro atoms. The fourth-order valence-electron chi connectivity index (χ4n) is 16.1. The number of nitrogens with zero attached hydrogens (tertiary/aromatic N) is 9. The predicted molar refractivity (Wildman–Crippen MR) is 361 cm³/mol. The van der Waals surface area contributed by atoms with Gasteiger partial charge >= 0.3 is 6.18 Å². The van der Waals surface area contributed by atoms with Crippen molar-refractivity contribution >= 4 is 82.5 Å². The third-order valence-corrected chi connectivity index (χ3v) is 22.9. The molecule has 3 heterocycles. The van der Waals surface area contributed by atoms with E-state index in [0.29, 0.717) is 58.0 Å². The van der Waals surface area contributed by atoms with Gasteiger partial charge in [-0.3, -0.25) is 57.5 Å². The van der Waals surface area contributed by atoms with E-state index in [2.05, 4.69) is 16.0 Å². The van der Waals surface area contributed by atoms with Gasteiger partial charge in [-0.25, -0.2) is 0 Å². The Morgan fingerprint density at radius 1 is 0.571 bits per heavy atom. The molecule has 0 bridgehead atoms. The lowest BCUT2D eigenvalue weighted by Crippen LogP contribution is -2.65. The summed E-state index contributed by atoms with van der Waals surface area (Å²) in [4.78, 5) is 190. The van der Waals surface area contributed by atoms with Crippen molar-refractivity contribution in [3.63, 3.8) is 0 Å². The van der Waals surface area contributed by atoms with Crippen LogP contribution in [0.1, 0.15) is 188 Å². The van der Waals surface area contributed by atoms with Gasteiger partial charge in [-0.1, -0.05) is 79.1 Å². The van der Waals surface area contributed by atoms with Crippen LogP contribution in [0.2, 0.25) is 0 Å². The summed E-state index contributed by atoms with van der Waals surface area (Å²) in [6.07, 6.45) is 5.92. The lowest BCUT2D eigenvalue weighted by molar-refractivity contribution is -0.182. The predicted octanol–water partition coefficient (Wildman–Crippen LogP) is 5.31. The molecule has 0 aromatic carbocycles. The van der Waals surface area contributed by atoms with E-state index in [-0.39, 0.29) is 94.4 Å². The SMILES string of the molecule is CC(C)C[C@H]1C(=O)N[C@@H](C2CCC2)C(=O)N(C)CC(=O)N(C)CC(=O)N(C)[C@@H](CC2CCCCC2)C(=O)N(C)CC(=O)N[C@@H](CCC2CCC(C(F)(F)F)C(Cl)C2)C(=O)N2CCC[C@H]2C(=O)NC2(CCCC2)C(=O)N(C)[C@@H](C(C)C)C(=O)N(C)[C@H](C(=O)N2CCCCC2)CC(=O)N1C. The zero-order chi connectivity index (χ0) is 72.2. The molecule has 3 saturated heterocycles. The normalized spacial score (nSPS) is 30.0. The van der Waals surface area contributed by atoms with E-state index in [1.807, 2.05) is 13.8 Å². The first-order valence-electron chi connectivity index (χ1n) is 36.2. The minimum Gasteiger partial charge on any atom is -0.343 e. The fourth-order valence-corrected chi connectivity index (χ4v) is 16.6. The van der Waals surface area contributed by atoms with Crippen LogP contribution in [-0.4, -0.2) is 263 Å². The second-order valence-corrected chi connectivity index (χ2v) is 31.0. The average molecular weight is 1410 g/mol. The molecule has 4 aliphatic carbocycles. The van der Waals surface area contributed by atoms with E-state index in [1.165, 1.54) is 78.7 Å². The number of carbonyl (C=O) groups excluding carboxylic acids is 12. The highest BCUT2D eigenvalue weighted by molar-refractivity contribution is 6.21. The summed E-state index contributed by atoms with van der Waals surface area (Å²) in [6.45, 7) is 6.47. The number of fused-ring (bicyclic) bond motifs is 1. The summed E-state index contributed by atoms with van der Waals surface area (Å²) in [7, 11) is 10.00. The van der Waals surface area contributed by atoms with Gasteiger partial charge in [0.1, 0.15) is 47.8 Å². The lowest BCUT2D eigenvalue weighted by Gasteiger charge is -2.42. The van der Waals surface area contributed by atoms with Crippen LogP contribution >= 0.6 is 11.6 Å². The average Bonchev–Trinajstić information content (AvgIpc) is 1.29. The molecule has 7 aliphatic rings. The maximum absolute atomic E-state index is 15.4. The first-order valence-corrected chi connectivity index (χ1v) is 36.6. The number of piperidine rings is 1. The van der Waals surface area contributed by atoms with Gasteiger partial charge in [0.05, 0.1) is 32.0 Å². The summed E-state index contributed by atoms with van der Waals surface area (Å²) >= 11 is 6.39. The number of alkyl halides is 4. The summed E-state index contributed by atoms with van der Waals surface area (Å²) < 4.78 is 41.9. The van der Waals surface area contributed by atoms with Gasteiger partial charge in [0, 0.05) is 74.3 Å². The van der Waals surface area contributed by atoms with Crippen LogP contribution in [0.4, 0.5) is 13.2 Å². The zero-order valence-corrected chi connectivity index (χ0v) is 60.7. The number of likely N-dealkylation sites (N-methyl/N-ethyl adjacent to an activating group) is 7. The molecular weight excluding hydrogens is 1290 g/mol.